The van der Waals surface area contributed by atoms with Gasteiger partial charge in [-0.25, -0.2) is 28.8 Å². The second-order valence-corrected chi connectivity index (χ2v) is 14.1. The van der Waals surface area contributed by atoms with E-state index in [1.54, 1.807) is 11.8 Å². The van der Waals surface area contributed by atoms with Crippen LogP contribution in [0.5, 0.6) is 0 Å². The van der Waals surface area contributed by atoms with Gasteiger partial charge in [0.15, 0.2) is 0 Å². The van der Waals surface area contributed by atoms with Crippen LogP contribution in [0.3, 0.4) is 0 Å². The van der Waals surface area contributed by atoms with Gasteiger partial charge in [-0.15, -0.1) is 11.8 Å². The molecule has 0 radical (unpaired) electrons. The van der Waals surface area contributed by atoms with E-state index in [9.17, 15) is 13.2 Å². The largest absolute Gasteiger partial charge is 0.322 e. The first-order valence-corrected chi connectivity index (χ1v) is 14.6. The summed E-state index contributed by atoms with van der Waals surface area (Å²) in [6.45, 7) is 5.87. The molecule has 2 aliphatic carbocycles. The van der Waals surface area contributed by atoms with Crippen molar-refractivity contribution < 1.29 is 13.2 Å². The van der Waals surface area contributed by atoms with E-state index in [0.29, 0.717) is 18.9 Å². The minimum absolute atomic E-state index is 0.0556. The lowest BCUT2D eigenvalue weighted by Gasteiger charge is -2.39. The molecule has 2 amide bonds. The number of hydrogen-bond acceptors (Lipinski definition) is 7. The molecule has 0 spiro atoms. The van der Waals surface area contributed by atoms with E-state index in [0.717, 1.165) is 38.8 Å². The Kier molecular flexibility index (Phi) is 6.20. The van der Waals surface area contributed by atoms with Gasteiger partial charge in [0.2, 0.25) is 10.0 Å². The van der Waals surface area contributed by atoms with Crippen molar-refractivity contribution in [3.8, 4) is 0 Å². The molecule has 5 aliphatic rings. The van der Waals surface area contributed by atoms with Crippen molar-refractivity contribution in [3.63, 3.8) is 0 Å². The summed E-state index contributed by atoms with van der Waals surface area (Å²) >= 11 is 1.68. The number of fused-ring (bicyclic) bond motifs is 1. The summed E-state index contributed by atoms with van der Waals surface area (Å²) in [7, 11) is -1.24. The van der Waals surface area contributed by atoms with E-state index in [-0.39, 0.29) is 34.5 Å². The number of nitrogens with zero attached hydrogens (tertiary/aromatic N) is 3. The summed E-state index contributed by atoms with van der Waals surface area (Å²) in [6, 6.07) is 0.433. The maximum Gasteiger partial charge on any atom is 0.322 e. The Morgan fingerprint density at radius 1 is 1.16 bits per heavy atom. The Balaban J connectivity index is 1.37. The molecule has 11 heteroatoms. The molecule has 3 heterocycles. The summed E-state index contributed by atoms with van der Waals surface area (Å²) < 4.78 is 29.3. The molecule has 0 bridgehead atoms. The molecule has 9 nitrogen and oxygen atoms in total. The molecule has 0 aromatic rings. The number of hydrogen-bond donors (Lipinski definition) is 3. The van der Waals surface area contributed by atoms with E-state index in [2.05, 4.69) is 39.3 Å². The number of hydrazine groups is 1. The first kappa shape index (κ1) is 23.2. The highest BCUT2D eigenvalue weighted by molar-refractivity contribution is 8.00. The molecule has 0 aromatic carbocycles. The van der Waals surface area contributed by atoms with E-state index >= 15 is 0 Å². The number of piperidine rings is 1. The van der Waals surface area contributed by atoms with Gasteiger partial charge >= 0.3 is 6.03 Å². The molecule has 3 N–H and O–H groups in total. The normalized spacial score (nSPS) is 40.0. The third-order valence-electron chi connectivity index (χ3n) is 8.11. The first-order valence-electron chi connectivity index (χ1n) is 12.2. The molecule has 3 saturated heterocycles. The lowest BCUT2D eigenvalue weighted by atomic mass is 9.89. The van der Waals surface area contributed by atoms with E-state index < -0.39 is 15.3 Å². The van der Waals surface area contributed by atoms with Crippen LogP contribution >= 0.6 is 11.8 Å². The number of thioether (sulfide) groups is 1. The fraction of sp³-hybridized carbons (Fsp3) is 0.952. The average molecular weight is 487 g/mol. The van der Waals surface area contributed by atoms with E-state index in [1.165, 1.54) is 12.8 Å². The van der Waals surface area contributed by atoms with Crippen LogP contribution in [0.25, 0.3) is 0 Å². The second kappa shape index (κ2) is 8.57. The lowest BCUT2D eigenvalue weighted by molar-refractivity contribution is 0.121. The summed E-state index contributed by atoms with van der Waals surface area (Å²) in [6.07, 6.45) is 7.22. The van der Waals surface area contributed by atoms with Gasteiger partial charge in [0, 0.05) is 18.1 Å². The number of carbonyl (C=O) groups is 1. The van der Waals surface area contributed by atoms with Gasteiger partial charge in [0.1, 0.15) is 5.50 Å². The zero-order chi connectivity index (χ0) is 22.7. The van der Waals surface area contributed by atoms with Crippen molar-refractivity contribution in [1.29, 1.82) is 0 Å². The van der Waals surface area contributed by atoms with Crippen LogP contribution in [-0.2, 0) is 10.0 Å². The third kappa shape index (κ3) is 4.40. The smallest absolute Gasteiger partial charge is 0.318 e. The minimum atomic E-state index is -3.40. The monoisotopic (exact) mass is 486 g/mol. The number of amides is 2. The zero-order valence-corrected chi connectivity index (χ0v) is 21.1. The highest BCUT2D eigenvalue weighted by Gasteiger charge is 2.54. The van der Waals surface area contributed by atoms with Crippen LogP contribution in [-0.4, -0.2) is 89.1 Å². The molecule has 6 atom stereocenters. The molecule has 182 valence electrons. The number of carbonyl (C=O) groups excluding carboxylic acids is 1. The van der Waals surface area contributed by atoms with Crippen molar-refractivity contribution in [2.24, 2.45) is 0 Å². The number of urea groups is 1. The fourth-order valence-electron chi connectivity index (χ4n) is 5.86. The summed E-state index contributed by atoms with van der Waals surface area (Å²) in [4.78, 5) is 20.1. The van der Waals surface area contributed by atoms with Crippen molar-refractivity contribution in [2.75, 3.05) is 20.1 Å². The van der Waals surface area contributed by atoms with Crippen molar-refractivity contribution in [2.45, 2.75) is 105 Å². The predicted molar refractivity (Wildman–Crippen MR) is 126 cm³/mol. The quantitative estimate of drug-likeness (QED) is 0.523. The highest BCUT2D eigenvalue weighted by Crippen LogP contribution is 2.42. The van der Waals surface area contributed by atoms with Crippen LogP contribution < -0.4 is 15.6 Å². The number of likely N-dealkylation sites (tertiary alicyclic amines) is 1. The van der Waals surface area contributed by atoms with Gasteiger partial charge in [-0.1, -0.05) is 6.42 Å². The Morgan fingerprint density at radius 3 is 2.59 bits per heavy atom. The van der Waals surface area contributed by atoms with Crippen LogP contribution in [0.2, 0.25) is 0 Å². The van der Waals surface area contributed by atoms with Gasteiger partial charge in [0.05, 0.1) is 22.7 Å². The van der Waals surface area contributed by atoms with Gasteiger partial charge in [-0.05, 0) is 72.4 Å². The van der Waals surface area contributed by atoms with Crippen molar-refractivity contribution in [3.05, 3.63) is 0 Å². The van der Waals surface area contributed by atoms with Crippen LogP contribution in [0.1, 0.15) is 65.2 Å². The summed E-state index contributed by atoms with van der Waals surface area (Å²) in [5, 5.41) is -0.241. The number of nitrogens with one attached hydrogen (secondary N) is 3. The van der Waals surface area contributed by atoms with Crippen LogP contribution in [0.15, 0.2) is 0 Å². The third-order valence-corrected chi connectivity index (χ3v) is 11.3. The second-order valence-electron chi connectivity index (χ2n) is 10.7. The van der Waals surface area contributed by atoms with Gasteiger partial charge in [0.25, 0.3) is 0 Å². The molecule has 3 aliphatic heterocycles. The maximum atomic E-state index is 13.7. The Bertz CT molecular complexity index is 837. The van der Waals surface area contributed by atoms with Crippen molar-refractivity contribution in [1.82, 2.24) is 30.3 Å². The van der Waals surface area contributed by atoms with Crippen molar-refractivity contribution >= 4 is 27.8 Å². The maximum absolute atomic E-state index is 13.7. The summed E-state index contributed by atoms with van der Waals surface area (Å²) in [5.41, 5.74) is 6.04. The lowest BCUT2D eigenvalue weighted by Crippen LogP contribution is -2.53. The molecule has 5 rings (SSSR count). The Hall–Kier alpha value is -0.590. The first-order chi connectivity index (χ1) is 15.2. The van der Waals surface area contributed by atoms with Crippen LogP contribution in [0.4, 0.5) is 4.79 Å². The molecule has 32 heavy (non-hydrogen) atoms. The Labute approximate surface area is 196 Å². The van der Waals surface area contributed by atoms with Gasteiger partial charge in [-0.3, -0.25) is 4.90 Å². The number of sulfonamides is 1. The SMILES string of the molecule is CC1NNC(N2C(=O)N(CC3CCCCN3C)C3CCC(S(=O)(=O)NC4(C)CC4)CC32)S1. The molecule has 5 fully saturated rings. The predicted octanol–water partition coefficient (Wildman–Crippen LogP) is 1.44. The average Bonchev–Trinajstić information content (AvgIpc) is 3.18. The fourth-order valence-corrected chi connectivity index (χ4v) is 8.85. The molecule has 2 saturated carbocycles. The number of likely N-dealkylation sites (N-methyl/N-ethyl adjacent to an activating group) is 1. The zero-order valence-electron chi connectivity index (χ0n) is 19.4. The molecular weight excluding hydrogens is 448 g/mol. The molecule has 6 unspecified atom stereocenters. The molecular formula is C21H38N6O3S2. The highest BCUT2D eigenvalue weighted by atomic mass is 32.2. The van der Waals surface area contributed by atoms with E-state index in [4.69, 9.17) is 0 Å². The number of rotatable bonds is 6. The van der Waals surface area contributed by atoms with Crippen LogP contribution in [0, 0.1) is 0 Å². The minimum Gasteiger partial charge on any atom is -0.318 e. The molecule has 0 aromatic heterocycles. The topological polar surface area (TPSA) is 97.0 Å². The van der Waals surface area contributed by atoms with Gasteiger partial charge < -0.3 is 9.80 Å². The Morgan fingerprint density at radius 2 is 1.94 bits per heavy atom. The van der Waals surface area contributed by atoms with Gasteiger partial charge in [-0.2, -0.15) is 0 Å². The standard InChI is InChI=1S/C21H38N6O3S2/c1-14-22-23-19(31-14)27-18-12-16(32(29,30)24-21(2)9-10-21)7-8-17(18)26(20(27)28)13-15-6-4-5-11-25(15)3/h14-19,22-24H,4-13H2,1-3H3. The van der Waals surface area contributed by atoms with E-state index in [1.807, 2.05) is 11.8 Å². The summed E-state index contributed by atoms with van der Waals surface area (Å²) in [5.74, 6) is 0.